The van der Waals surface area contributed by atoms with Gasteiger partial charge in [-0.25, -0.2) is 0 Å². The van der Waals surface area contributed by atoms with Crippen LogP contribution in [0.4, 0.5) is 5.69 Å². The van der Waals surface area contributed by atoms with Crippen LogP contribution >= 0.6 is 0 Å². The molecule has 7 heteroatoms. The Morgan fingerprint density at radius 1 is 1.07 bits per heavy atom. The van der Waals surface area contributed by atoms with Crippen molar-refractivity contribution in [3.05, 3.63) is 78.4 Å². The van der Waals surface area contributed by atoms with Crippen LogP contribution in [-0.4, -0.2) is 44.1 Å². The molecule has 1 fully saturated rings. The van der Waals surface area contributed by atoms with E-state index in [1.54, 1.807) is 34.4 Å². The zero-order chi connectivity index (χ0) is 20.1. The average molecular weight is 389 g/mol. The summed E-state index contributed by atoms with van der Waals surface area (Å²) in [7, 11) is 0. The summed E-state index contributed by atoms with van der Waals surface area (Å²) in [4.78, 5) is 31.2. The summed E-state index contributed by atoms with van der Waals surface area (Å²) < 4.78 is 1.76. The lowest BCUT2D eigenvalue weighted by molar-refractivity contribution is -0.136. The Balaban J connectivity index is 1.37. The van der Waals surface area contributed by atoms with Gasteiger partial charge in [0.2, 0.25) is 11.8 Å². The highest BCUT2D eigenvalue weighted by Gasteiger charge is 2.34. The second-order valence-corrected chi connectivity index (χ2v) is 7.18. The predicted molar refractivity (Wildman–Crippen MR) is 109 cm³/mol. The Morgan fingerprint density at radius 2 is 1.86 bits per heavy atom. The first-order chi connectivity index (χ1) is 14.2. The fraction of sp³-hybridized carbons (Fsp3) is 0.273. The molecule has 0 saturated carbocycles. The van der Waals surface area contributed by atoms with Gasteiger partial charge in [0, 0.05) is 25.1 Å². The maximum Gasteiger partial charge on any atom is 0.247 e. The van der Waals surface area contributed by atoms with E-state index in [1.165, 1.54) is 0 Å². The van der Waals surface area contributed by atoms with E-state index in [9.17, 15) is 9.59 Å². The largest absolute Gasteiger partial charge is 0.330 e. The van der Waals surface area contributed by atoms with Crippen LogP contribution in [0.15, 0.2) is 67.3 Å². The maximum absolute atomic E-state index is 12.8. The molecule has 7 nitrogen and oxygen atoms in total. The number of benzene rings is 1. The molecule has 0 spiro atoms. The number of likely N-dealkylation sites (tertiary alicyclic amines) is 1. The van der Waals surface area contributed by atoms with E-state index in [1.807, 2.05) is 42.5 Å². The summed E-state index contributed by atoms with van der Waals surface area (Å²) in [6.45, 7) is 1.22. The van der Waals surface area contributed by atoms with Gasteiger partial charge in [0.1, 0.15) is 6.04 Å². The number of amides is 2. The first kappa shape index (κ1) is 18.9. The standard InChI is InChI=1S/C22H23N5O2/c28-21(13-17-5-2-1-3-6-17)27-12-4-7-20(27)22(29)25-19-14-24-26(16-19)15-18-8-10-23-11-9-18/h1-3,5-6,8-11,14,16,20H,4,7,12-13,15H2,(H,25,29). The highest BCUT2D eigenvalue weighted by Crippen LogP contribution is 2.20. The number of pyridine rings is 1. The Morgan fingerprint density at radius 3 is 2.66 bits per heavy atom. The lowest BCUT2D eigenvalue weighted by Gasteiger charge is -2.23. The van der Waals surface area contributed by atoms with E-state index in [2.05, 4.69) is 15.4 Å². The van der Waals surface area contributed by atoms with Crippen molar-refractivity contribution in [1.82, 2.24) is 19.7 Å². The molecule has 4 rings (SSSR count). The van der Waals surface area contributed by atoms with Crippen LogP contribution in [0.3, 0.4) is 0 Å². The van der Waals surface area contributed by atoms with E-state index in [4.69, 9.17) is 0 Å². The van der Waals surface area contributed by atoms with Crippen LogP contribution < -0.4 is 5.32 Å². The molecular formula is C22H23N5O2. The molecule has 1 aliphatic heterocycles. The smallest absolute Gasteiger partial charge is 0.247 e. The molecule has 1 N–H and O–H groups in total. The van der Waals surface area contributed by atoms with E-state index < -0.39 is 6.04 Å². The molecule has 148 valence electrons. The van der Waals surface area contributed by atoms with Crippen LogP contribution in [0.5, 0.6) is 0 Å². The molecule has 0 radical (unpaired) electrons. The number of hydrogen-bond donors (Lipinski definition) is 1. The van der Waals surface area contributed by atoms with Gasteiger partial charge in [-0.1, -0.05) is 30.3 Å². The Bertz CT molecular complexity index is 971. The number of rotatable bonds is 6. The summed E-state index contributed by atoms with van der Waals surface area (Å²) in [6.07, 6.45) is 8.73. The number of anilines is 1. The van der Waals surface area contributed by atoms with Gasteiger partial charge in [-0.2, -0.15) is 5.10 Å². The molecule has 29 heavy (non-hydrogen) atoms. The van der Waals surface area contributed by atoms with Crippen LogP contribution in [-0.2, 0) is 22.6 Å². The van der Waals surface area contributed by atoms with Gasteiger partial charge in [-0.05, 0) is 36.1 Å². The van der Waals surface area contributed by atoms with Gasteiger partial charge in [0.25, 0.3) is 0 Å². The van der Waals surface area contributed by atoms with Gasteiger partial charge >= 0.3 is 0 Å². The van der Waals surface area contributed by atoms with Crippen molar-refractivity contribution >= 4 is 17.5 Å². The summed E-state index contributed by atoms with van der Waals surface area (Å²) >= 11 is 0. The predicted octanol–water partition coefficient (Wildman–Crippen LogP) is 2.50. The van der Waals surface area contributed by atoms with Crippen LogP contribution in [0.2, 0.25) is 0 Å². The quantitative estimate of drug-likeness (QED) is 0.702. The molecule has 2 aromatic heterocycles. The van der Waals surface area contributed by atoms with E-state index in [-0.39, 0.29) is 11.8 Å². The molecule has 1 saturated heterocycles. The normalized spacial score (nSPS) is 16.0. The minimum Gasteiger partial charge on any atom is -0.330 e. The summed E-state index contributed by atoms with van der Waals surface area (Å²) in [6, 6.07) is 13.0. The van der Waals surface area contributed by atoms with Gasteiger partial charge < -0.3 is 10.2 Å². The average Bonchev–Trinajstić information content (AvgIpc) is 3.39. The van der Waals surface area contributed by atoms with Crippen molar-refractivity contribution in [3.8, 4) is 0 Å². The molecular weight excluding hydrogens is 366 g/mol. The number of hydrogen-bond acceptors (Lipinski definition) is 4. The maximum atomic E-state index is 12.8. The second-order valence-electron chi connectivity index (χ2n) is 7.18. The van der Waals surface area contributed by atoms with Crippen molar-refractivity contribution in [2.24, 2.45) is 0 Å². The van der Waals surface area contributed by atoms with E-state index in [0.29, 0.717) is 31.6 Å². The number of aromatic nitrogens is 3. The Labute approximate surface area is 169 Å². The molecule has 2 amide bonds. The SMILES string of the molecule is O=C(Nc1cnn(Cc2ccncc2)c1)C1CCCN1C(=O)Cc1ccccc1. The highest BCUT2D eigenvalue weighted by atomic mass is 16.2. The van der Waals surface area contributed by atoms with Gasteiger partial charge in [-0.3, -0.25) is 19.3 Å². The van der Waals surface area contributed by atoms with Crippen molar-refractivity contribution in [1.29, 1.82) is 0 Å². The van der Waals surface area contributed by atoms with Crippen molar-refractivity contribution in [3.63, 3.8) is 0 Å². The third kappa shape index (κ3) is 4.68. The zero-order valence-corrected chi connectivity index (χ0v) is 16.1. The van der Waals surface area contributed by atoms with Crippen LogP contribution in [0.1, 0.15) is 24.0 Å². The number of nitrogens with one attached hydrogen (secondary N) is 1. The lowest BCUT2D eigenvalue weighted by atomic mass is 10.1. The minimum atomic E-state index is -0.435. The first-order valence-corrected chi connectivity index (χ1v) is 9.74. The van der Waals surface area contributed by atoms with Crippen LogP contribution in [0, 0.1) is 0 Å². The Hall–Kier alpha value is -3.48. The number of carbonyl (C=O) groups excluding carboxylic acids is 2. The molecule has 0 aliphatic carbocycles. The monoisotopic (exact) mass is 389 g/mol. The lowest BCUT2D eigenvalue weighted by Crippen LogP contribution is -2.43. The molecule has 1 aliphatic rings. The number of nitrogens with zero attached hydrogens (tertiary/aromatic N) is 4. The van der Waals surface area contributed by atoms with E-state index >= 15 is 0 Å². The highest BCUT2D eigenvalue weighted by molar-refractivity contribution is 5.97. The third-order valence-electron chi connectivity index (χ3n) is 5.07. The Kier molecular flexibility index (Phi) is 5.65. The third-order valence-corrected chi connectivity index (χ3v) is 5.07. The summed E-state index contributed by atoms with van der Waals surface area (Å²) in [5.74, 6) is -0.172. The molecule has 3 heterocycles. The molecule has 3 aromatic rings. The first-order valence-electron chi connectivity index (χ1n) is 9.74. The van der Waals surface area contributed by atoms with Crippen molar-refractivity contribution < 1.29 is 9.59 Å². The van der Waals surface area contributed by atoms with Crippen molar-refractivity contribution in [2.45, 2.75) is 31.8 Å². The molecule has 1 atom stereocenters. The number of carbonyl (C=O) groups is 2. The van der Waals surface area contributed by atoms with Gasteiger partial charge in [0.15, 0.2) is 0 Å². The summed E-state index contributed by atoms with van der Waals surface area (Å²) in [5.41, 5.74) is 2.67. The fourth-order valence-electron chi connectivity index (χ4n) is 3.63. The van der Waals surface area contributed by atoms with E-state index in [0.717, 1.165) is 17.5 Å². The molecule has 1 aromatic carbocycles. The molecule has 0 bridgehead atoms. The fourth-order valence-corrected chi connectivity index (χ4v) is 3.63. The van der Waals surface area contributed by atoms with Crippen LogP contribution in [0.25, 0.3) is 0 Å². The summed E-state index contributed by atoms with van der Waals surface area (Å²) in [5, 5.41) is 7.21. The van der Waals surface area contributed by atoms with Gasteiger partial charge in [-0.15, -0.1) is 0 Å². The van der Waals surface area contributed by atoms with Gasteiger partial charge in [0.05, 0.1) is 24.8 Å². The zero-order valence-electron chi connectivity index (χ0n) is 16.1. The second kappa shape index (κ2) is 8.68. The van der Waals surface area contributed by atoms with Crippen molar-refractivity contribution in [2.75, 3.05) is 11.9 Å². The minimum absolute atomic E-state index is 0.0118. The molecule has 1 unspecified atom stereocenters. The topological polar surface area (TPSA) is 80.1 Å².